The summed E-state index contributed by atoms with van der Waals surface area (Å²) in [6.45, 7) is 6.26. The minimum Gasteiger partial charge on any atom is -0.370 e. The van der Waals surface area contributed by atoms with Gasteiger partial charge in [-0.25, -0.2) is 4.39 Å². The topological polar surface area (TPSA) is 71.2 Å². The quantitative estimate of drug-likeness (QED) is 0.510. The Labute approximate surface area is 164 Å². The number of hydrogen-bond donors (Lipinski definition) is 2. The fourth-order valence-corrected chi connectivity index (χ4v) is 3.34. The van der Waals surface area contributed by atoms with Crippen LogP contribution in [0.4, 0.5) is 10.1 Å². The van der Waals surface area contributed by atoms with E-state index in [-0.39, 0.29) is 11.7 Å². The Kier molecular flexibility index (Phi) is 5.93. The van der Waals surface area contributed by atoms with E-state index in [4.69, 9.17) is 10.7 Å². The molecule has 1 atom stereocenters. The zero-order valence-corrected chi connectivity index (χ0v) is 16.6. The molecule has 1 amide bonds. The van der Waals surface area contributed by atoms with Crippen LogP contribution < -0.4 is 5.73 Å². The normalized spacial score (nSPS) is 13.1. The molecule has 1 aromatic heterocycles. The molecule has 1 unspecified atom stereocenters. The average Bonchev–Trinajstić information content (AvgIpc) is 3.08. The Morgan fingerprint density at radius 1 is 1.21 bits per heavy atom. The maximum Gasteiger partial charge on any atom is 0.217 e. The van der Waals surface area contributed by atoms with Gasteiger partial charge in [-0.15, -0.1) is 0 Å². The first-order valence-corrected chi connectivity index (χ1v) is 9.62. The van der Waals surface area contributed by atoms with Crippen molar-refractivity contribution in [1.82, 2.24) is 4.98 Å². The zero-order chi connectivity index (χ0) is 20.3. The Morgan fingerprint density at radius 2 is 2.00 bits per heavy atom. The molecule has 0 aliphatic carbocycles. The van der Waals surface area contributed by atoms with Gasteiger partial charge in [0.1, 0.15) is 5.82 Å². The number of rotatable bonds is 7. The second-order valence-electron chi connectivity index (χ2n) is 7.27. The van der Waals surface area contributed by atoms with E-state index in [1.807, 2.05) is 25.3 Å². The van der Waals surface area contributed by atoms with Crippen LogP contribution in [0.3, 0.4) is 0 Å². The maximum absolute atomic E-state index is 13.4. The molecule has 4 nitrogen and oxygen atoms in total. The number of aromatic amines is 1. The minimum absolute atomic E-state index is 0.254. The molecule has 0 fully saturated rings. The number of aromatic nitrogens is 1. The number of hydrogen-bond acceptors (Lipinski definition) is 2. The van der Waals surface area contributed by atoms with E-state index < -0.39 is 0 Å². The number of nitrogens with one attached hydrogen (secondary N) is 1. The molecule has 0 aliphatic rings. The van der Waals surface area contributed by atoms with Crippen LogP contribution in [0, 0.1) is 18.7 Å². The fourth-order valence-electron chi connectivity index (χ4n) is 3.34. The lowest BCUT2D eigenvalue weighted by atomic mass is 9.97. The minimum atomic E-state index is -0.307. The number of aliphatic imine (C=N–C) groups is 1. The Morgan fingerprint density at radius 3 is 2.68 bits per heavy atom. The molecule has 3 rings (SSSR count). The summed E-state index contributed by atoms with van der Waals surface area (Å²) in [6, 6.07) is 10.9. The monoisotopic (exact) mass is 379 g/mol. The summed E-state index contributed by atoms with van der Waals surface area (Å²) in [5.74, 6) is -0.268. The highest BCUT2D eigenvalue weighted by atomic mass is 19.1. The maximum atomic E-state index is 13.4. The van der Waals surface area contributed by atoms with Crippen LogP contribution in [-0.4, -0.2) is 16.6 Å². The van der Waals surface area contributed by atoms with E-state index >= 15 is 0 Å². The van der Waals surface area contributed by atoms with Crippen LogP contribution in [0.1, 0.15) is 38.7 Å². The SMILES string of the molecule is CCC(C)C(CCC(N)=O)=Nc1ccc(-c2c[nH]c3cc(F)ccc23)cc1C. The summed E-state index contributed by atoms with van der Waals surface area (Å²) in [5, 5.41) is 0.985. The van der Waals surface area contributed by atoms with Crippen LogP contribution in [0.15, 0.2) is 47.6 Å². The van der Waals surface area contributed by atoms with Gasteiger partial charge in [-0.2, -0.15) is 0 Å². The lowest BCUT2D eigenvalue weighted by molar-refractivity contribution is -0.117. The number of H-pyrrole nitrogens is 1. The first kappa shape index (κ1) is 19.8. The van der Waals surface area contributed by atoms with Crippen LogP contribution in [0.5, 0.6) is 0 Å². The molecule has 2 aromatic carbocycles. The third-order valence-electron chi connectivity index (χ3n) is 5.22. The zero-order valence-electron chi connectivity index (χ0n) is 16.6. The van der Waals surface area contributed by atoms with Gasteiger partial charge < -0.3 is 10.7 Å². The molecule has 0 aliphatic heterocycles. The predicted molar refractivity (Wildman–Crippen MR) is 113 cm³/mol. The number of nitrogens with two attached hydrogens (primary N) is 1. The van der Waals surface area contributed by atoms with Gasteiger partial charge in [0.25, 0.3) is 0 Å². The van der Waals surface area contributed by atoms with Crippen LogP contribution in [0.25, 0.3) is 22.0 Å². The lowest BCUT2D eigenvalue weighted by Crippen LogP contribution is -2.16. The Bertz CT molecular complexity index is 1040. The van der Waals surface area contributed by atoms with Gasteiger partial charge in [0.05, 0.1) is 5.69 Å². The van der Waals surface area contributed by atoms with Crippen molar-refractivity contribution in [2.75, 3.05) is 0 Å². The molecule has 0 saturated carbocycles. The summed E-state index contributed by atoms with van der Waals surface area (Å²) >= 11 is 0. The number of amides is 1. The second kappa shape index (κ2) is 8.38. The number of benzene rings is 2. The molecule has 0 bridgehead atoms. The van der Waals surface area contributed by atoms with E-state index in [1.165, 1.54) is 12.1 Å². The van der Waals surface area contributed by atoms with Crippen LogP contribution in [0.2, 0.25) is 0 Å². The van der Waals surface area contributed by atoms with Crippen LogP contribution in [-0.2, 0) is 4.79 Å². The van der Waals surface area contributed by atoms with Crippen molar-refractivity contribution in [1.29, 1.82) is 0 Å². The van der Waals surface area contributed by atoms with E-state index in [0.717, 1.165) is 45.4 Å². The first-order chi connectivity index (χ1) is 13.4. The fraction of sp³-hybridized carbons (Fsp3) is 0.304. The van der Waals surface area contributed by atoms with E-state index in [9.17, 15) is 9.18 Å². The van der Waals surface area contributed by atoms with Crippen molar-refractivity contribution in [3.63, 3.8) is 0 Å². The highest BCUT2D eigenvalue weighted by molar-refractivity contribution is 5.96. The number of halogens is 1. The summed E-state index contributed by atoms with van der Waals surface area (Å²) in [4.78, 5) is 19.2. The number of nitrogens with zero attached hydrogens (tertiary/aromatic N) is 1. The lowest BCUT2D eigenvalue weighted by Gasteiger charge is -2.14. The third kappa shape index (κ3) is 4.30. The van der Waals surface area contributed by atoms with Crippen LogP contribution >= 0.6 is 0 Å². The highest BCUT2D eigenvalue weighted by Gasteiger charge is 2.12. The standard InChI is InChI=1S/C23H26FN3O/c1-4-14(2)20(9-10-23(25)28)27-21-8-5-16(11-15(21)3)19-13-26-22-12-17(24)6-7-18(19)22/h5-8,11-14,26H,4,9-10H2,1-3H3,(H2,25,28). The first-order valence-electron chi connectivity index (χ1n) is 9.62. The number of fused-ring (bicyclic) bond motifs is 1. The molecule has 0 radical (unpaired) electrons. The molecular weight excluding hydrogens is 353 g/mol. The third-order valence-corrected chi connectivity index (χ3v) is 5.22. The number of aryl methyl sites for hydroxylation is 1. The van der Waals surface area contributed by atoms with Gasteiger partial charge in [-0.1, -0.05) is 19.9 Å². The van der Waals surface area contributed by atoms with Gasteiger partial charge >= 0.3 is 0 Å². The molecule has 146 valence electrons. The van der Waals surface area contributed by atoms with E-state index in [2.05, 4.69) is 24.9 Å². The molecule has 28 heavy (non-hydrogen) atoms. The highest BCUT2D eigenvalue weighted by Crippen LogP contribution is 2.32. The molecule has 5 heteroatoms. The smallest absolute Gasteiger partial charge is 0.217 e. The van der Waals surface area contributed by atoms with Gasteiger partial charge in [0.15, 0.2) is 0 Å². The molecular formula is C23H26FN3O. The molecule has 1 heterocycles. The predicted octanol–water partition coefficient (Wildman–Crippen LogP) is 5.67. The summed E-state index contributed by atoms with van der Waals surface area (Å²) in [5.41, 5.74) is 11.1. The van der Waals surface area contributed by atoms with Gasteiger partial charge in [-0.3, -0.25) is 9.79 Å². The summed E-state index contributed by atoms with van der Waals surface area (Å²) < 4.78 is 13.4. The Hall–Kier alpha value is -2.95. The second-order valence-corrected chi connectivity index (χ2v) is 7.27. The Balaban J connectivity index is 1.95. The van der Waals surface area contributed by atoms with E-state index in [0.29, 0.717) is 18.8 Å². The average molecular weight is 379 g/mol. The molecule has 0 saturated heterocycles. The molecule has 3 N–H and O–H groups in total. The van der Waals surface area contributed by atoms with Crippen molar-refractivity contribution >= 4 is 28.2 Å². The van der Waals surface area contributed by atoms with E-state index in [1.54, 1.807) is 6.07 Å². The number of primary amides is 1. The summed E-state index contributed by atoms with van der Waals surface area (Å²) in [6.07, 6.45) is 3.76. The van der Waals surface area contributed by atoms with Gasteiger partial charge in [0, 0.05) is 34.8 Å². The van der Waals surface area contributed by atoms with Crippen molar-refractivity contribution in [2.24, 2.45) is 16.6 Å². The van der Waals surface area contributed by atoms with Crippen molar-refractivity contribution in [2.45, 2.75) is 40.0 Å². The van der Waals surface area contributed by atoms with Crippen molar-refractivity contribution in [3.8, 4) is 11.1 Å². The molecule has 0 spiro atoms. The van der Waals surface area contributed by atoms with Crippen molar-refractivity contribution in [3.05, 3.63) is 54.0 Å². The number of carbonyl (C=O) groups is 1. The van der Waals surface area contributed by atoms with Crippen molar-refractivity contribution < 1.29 is 9.18 Å². The number of carbonyl (C=O) groups excluding carboxylic acids is 1. The summed E-state index contributed by atoms with van der Waals surface area (Å²) in [7, 11) is 0. The largest absolute Gasteiger partial charge is 0.370 e. The van der Waals surface area contributed by atoms with Gasteiger partial charge in [-0.05, 0) is 67.1 Å². The molecule has 3 aromatic rings. The van der Waals surface area contributed by atoms with Gasteiger partial charge in [0.2, 0.25) is 5.91 Å².